The van der Waals surface area contributed by atoms with Crippen molar-refractivity contribution in [2.24, 2.45) is 0 Å². The van der Waals surface area contributed by atoms with E-state index in [1.54, 1.807) is 0 Å². The number of benzene rings is 2. The molecule has 1 saturated carbocycles. The van der Waals surface area contributed by atoms with Crippen molar-refractivity contribution in [3.63, 3.8) is 0 Å². The Kier molecular flexibility index (Phi) is 4.84. The standard InChI is InChI=1S/C24H22FN3O3S/c1-3-22(29)28-14(2)12-19-17-6-4-5-7-21(17)26-23(19)24(28)18-11-10-16(13-20(18)25)32(30,31)27-15-8-9-15/h1,4-7,10-11,13-15,24,26-27H,8-9,12H2,2H3/t14-,24-/m0/s1. The number of para-hydroxylation sites is 1. The summed E-state index contributed by atoms with van der Waals surface area (Å²) in [5, 5.41) is 1.01. The maximum absolute atomic E-state index is 15.4. The summed E-state index contributed by atoms with van der Waals surface area (Å²) in [6.45, 7) is 1.88. The van der Waals surface area contributed by atoms with Gasteiger partial charge >= 0.3 is 0 Å². The van der Waals surface area contributed by atoms with Crippen LogP contribution in [0.5, 0.6) is 0 Å². The molecule has 0 saturated heterocycles. The van der Waals surface area contributed by atoms with Crippen molar-refractivity contribution >= 4 is 26.8 Å². The maximum atomic E-state index is 15.4. The molecule has 1 aromatic heterocycles. The van der Waals surface area contributed by atoms with Gasteiger partial charge in [-0.25, -0.2) is 17.5 Å². The first kappa shape index (κ1) is 20.7. The summed E-state index contributed by atoms with van der Waals surface area (Å²) in [5.41, 5.74) is 2.78. The Labute approximate surface area is 185 Å². The van der Waals surface area contributed by atoms with Crippen molar-refractivity contribution in [1.29, 1.82) is 0 Å². The molecule has 0 unspecified atom stereocenters. The summed E-state index contributed by atoms with van der Waals surface area (Å²) in [6, 6.07) is 10.4. The number of amides is 1. The second-order valence-electron chi connectivity index (χ2n) is 8.45. The predicted molar refractivity (Wildman–Crippen MR) is 119 cm³/mol. The highest BCUT2D eigenvalue weighted by atomic mass is 32.2. The average molecular weight is 452 g/mol. The highest BCUT2D eigenvalue weighted by Crippen LogP contribution is 2.41. The molecule has 1 fully saturated rings. The van der Waals surface area contributed by atoms with Gasteiger partial charge in [0.05, 0.1) is 4.90 Å². The number of aromatic amines is 1. The predicted octanol–water partition coefficient (Wildman–Crippen LogP) is 3.24. The number of halogens is 1. The molecule has 5 rings (SSSR count). The van der Waals surface area contributed by atoms with Crippen LogP contribution in [0, 0.1) is 18.2 Å². The topological polar surface area (TPSA) is 82.3 Å². The summed E-state index contributed by atoms with van der Waals surface area (Å²) < 4.78 is 43.1. The zero-order valence-corrected chi connectivity index (χ0v) is 18.2. The van der Waals surface area contributed by atoms with Crippen molar-refractivity contribution in [2.45, 2.75) is 49.2 Å². The van der Waals surface area contributed by atoms with Crippen molar-refractivity contribution in [3.05, 3.63) is 65.1 Å². The summed E-state index contributed by atoms with van der Waals surface area (Å²) in [7, 11) is -3.80. The van der Waals surface area contributed by atoms with Crippen LogP contribution in [0.15, 0.2) is 47.4 Å². The number of nitrogens with one attached hydrogen (secondary N) is 2. The number of aromatic nitrogens is 1. The number of nitrogens with zero attached hydrogens (tertiary/aromatic N) is 1. The van der Waals surface area contributed by atoms with Crippen molar-refractivity contribution in [1.82, 2.24) is 14.6 Å². The second kappa shape index (κ2) is 7.47. The van der Waals surface area contributed by atoms with Crippen LogP contribution in [0.1, 0.15) is 42.6 Å². The first-order valence-electron chi connectivity index (χ1n) is 10.5. The van der Waals surface area contributed by atoms with E-state index >= 15 is 4.39 Å². The van der Waals surface area contributed by atoms with Crippen LogP contribution in [-0.2, 0) is 21.2 Å². The fourth-order valence-electron chi connectivity index (χ4n) is 4.54. The Hall–Kier alpha value is -3.15. The molecule has 2 heterocycles. The zero-order chi connectivity index (χ0) is 22.6. The van der Waals surface area contributed by atoms with E-state index in [2.05, 4.69) is 15.6 Å². The van der Waals surface area contributed by atoms with Gasteiger partial charge in [-0.15, -0.1) is 6.42 Å². The highest BCUT2D eigenvalue weighted by Gasteiger charge is 2.39. The molecular formula is C24H22FN3O3S. The van der Waals surface area contributed by atoms with Crippen molar-refractivity contribution in [3.8, 4) is 12.3 Å². The minimum absolute atomic E-state index is 0.0837. The molecule has 2 atom stereocenters. The molecule has 3 aromatic rings. The van der Waals surface area contributed by atoms with Crippen LogP contribution in [0.4, 0.5) is 4.39 Å². The molecule has 2 aliphatic rings. The molecule has 32 heavy (non-hydrogen) atoms. The number of fused-ring (bicyclic) bond motifs is 3. The molecule has 2 N–H and O–H groups in total. The molecule has 0 radical (unpaired) electrons. The third kappa shape index (κ3) is 3.38. The molecular weight excluding hydrogens is 429 g/mol. The van der Waals surface area contributed by atoms with Gasteiger partial charge in [-0.2, -0.15) is 0 Å². The first-order chi connectivity index (χ1) is 15.3. The number of H-pyrrole nitrogens is 1. The molecule has 1 amide bonds. The Morgan fingerprint density at radius 3 is 2.69 bits per heavy atom. The van der Waals surface area contributed by atoms with E-state index in [9.17, 15) is 13.2 Å². The Morgan fingerprint density at radius 2 is 2.00 bits per heavy atom. The Balaban J connectivity index is 1.66. The van der Waals surface area contributed by atoms with E-state index in [-0.39, 0.29) is 22.5 Å². The lowest BCUT2D eigenvalue weighted by molar-refractivity contribution is -0.129. The Morgan fingerprint density at radius 1 is 1.25 bits per heavy atom. The fraction of sp³-hybridized carbons (Fsp3) is 0.292. The van der Waals surface area contributed by atoms with Gasteiger partial charge in [0.1, 0.15) is 11.9 Å². The van der Waals surface area contributed by atoms with E-state index in [1.165, 1.54) is 17.0 Å². The van der Waals surface area contributed by atoms with Crippen LogP contribution in [-0.4, -0.2) is 36.3 Å². The smallest absolute Gasteiger partial charge is 0.299 e. The van der Waals surface area contributed by atoms with Crippen molar-refractivity contribution in [2.75, 3.05) is 0 Å². The normalized spacial score (nSPS) is 20.7. The number of carbonyl (C=O) groups is 1. The fourth-order valence-corrected chi connectivity index (χ4v) is 5.86. The largest absolute Gasteiger partial charge is 0.356 e. The minimum Gasteiger partial charge on any atom is -0.356 e. The molecule has 0 bridgehead atoms. The van der Waals surface area contributed by atoms with Gasteiger partial charge in [0.15, 0.2) is 0 Å². The molecule has 1 aliphatic carbocycles. The van der Waals surface area contributed by atoms with Gasteiger partial charge in [-0.05, 0) is 55.9 Å². The van der Waals surface area contributed by atoms with Gasteiger partial charge in [0.2, 0.25) is 10.0 Å². The van der Waals surface area contributed by atoms with Gasteiger partial charge in [-0.1, -0.05) is 24.3 Å². The molecule has 1 aliphatic heterocycles. The first-order valence-corrected chi connectivity index (χ1v) is 12.0. The molecule has 6 nitrogen and oxygen atoms in total. The van der Waals surface area contributed by atoms with E-state index in [4.69, 9.17) is 6.42 Å². The van der Waals surface area contributed by atoms with Crippen LogP contribution < -0.4 is 4.72 Å². The molecule has 8 heteroatoms. The van der Waals surface area contributed by atoms with E-state index in [0.717, 1.165) is 35.4 Å². The van der Waals surface area contributed by atoms with Crippen LogP contribution >= 0.6 is 0 Å². The number of rotatable bonds is 4. The number of sulfonamides is 1. The van der Waals surface area contributed by atoms with E-state index < -0.39 is 27.8 Å². The van der Waals surface area contributed by atoms with Crippen LogP contribution in [0.3, 0.4) is 0 Å². The van der Waals surface area contributed by atoms with E-state index in [0.29, 0.717) is 12.1 Å². The SMILES string of the molecule is C#CC(=O)N1[C@@H](c2ccc(S(=O)(=O)NC3CC3)cc2F)c2[nH]c3ccccc3c2C[C@@H]1C. The average Bonchev–Trinajstić information content (AvgIpc) is 3.50. The summed E-state index contributed by atoms with van der Waals surface area (Å²) in [6.07, 6.45) is 7.58. The van der Waals surface area contributed by atoms with Crippen LogP contribution in [0.2, 0.25) is 0 Å². The number of hydrogen-bond donors (Lipinski definition) is 2. The van der Waals surface area contributed by atoms with Gasteiger partial charge in [0.25, 0.3) is 5.91 Å². The Bertz CT molecular complexity index is 1390. The molecule has 2 aromatic carbocycles. The number of terminal acetylenes is 1. The van der Waals surface area contributed by atoms with Crippen molar-refractivity contribution < 1.29 is 17.6 Å². The quantitative estimate of drug-likeness (QED) is 0.598. The third-order valence-corrected chi connectivity index (χ3v) is 7.72. The van der Waals surface area contributed by atoms with Gasteiger partial charge < -0.3 is 9.88 Å². The lowest BCUT2D eigenvalue weighted by Gasteiger charge is -2.40. The number of hydrogen-bond acceptors (Lipinski definition) is 3. The minimum atomic E-state index is -3.80. The molecule has 0 spiro atoms. The zero-order valence-electron chi connectivity index (χ0n) is 17.4. The summed E-state index contributed by atoms with van der Waals surface area (Å²) in [4.78, 5) is 17.4. The van der Waals surface area contributed by atoms with Gasteiger partial charge in [0, 0.05) is 34.2 Å². The lowest BCUT2D eigenvalue weighted by atomic mass is 9.88. The molecule has 164 valence electrons. The summed E-state index contributed by atoms with van der Waals surface area (Å²) >= 11 is 0. The van der Waals surface area contributed by atoms with E-state index in [1.807, 2.05) is 31.2 Å². The second-order valence-corrected chi connectivity index (χ2v) is 10.2. The third-order valence-electron chi connectivity index (χ3n) is 6.21. The lowest BCUT2D eigenvalue weighted by Crippen LogP contribution is -2.46. The number of carbonyl (C=O) groups excluding carboxylic acids is 1. The highest BCUT2D eigenvalue weighted by molar-refractivity contribution is 7.89. The summed E-state index contributed by atoms with van der Waals surface area (Å²) in [5.74, 6) is 0.908. The van der Waals surface area contributed by atoms with Gasteiger partial charge in [-0.3, -0.25) is 4.79 Å². The van der Waals surface area contributed by atoms with Crippen LogP contribution in [0.25, 0.3) is 10.9 Å². The monoisotopic (exact) mass is 451 g/mol. The maximum Gasteiger partial charge on any atom is 0.299 e.